The van der Waals surface area contributed by atoms with Crippen LogP contribution in [0.5, 0.6) is 17.2 Å². The second-order valence-corrected chi connectivity index (χ2v) is 3.49. The molecule has 0 saturated carbocycles. The molecule has 0 aromatic heterocycles. The van der Waals surface area contributed by atoms with Crippen LogP contribution in [-0.2, 0) is 4.79 Å². The maximum absolute atomic E-state index is 11.5. The number of rotatable bonds is 6. The standard InChI is InChI=1S/C12H18N2O4/c1-13-7-11(15)14-8-5-9(16-2)12(18-4)10(6-8)17-3/h5-6,13H,7H2,1-4H3,(H,14,15). The van der Waals surface area contributed by atoms with Crippen molar-refractivity contribution < 1.29 is 19.0 Å². The van der Waals surface area contributed by atoms with E-state index < -0.39 is 0 Å². The molecule has 0 spiro atoms. The molecule has 0 saturated heterocycles. The summed E-state index contributed by atoms with van der Waals surface area (Å²) in [6.45, 7) is 0.233. The summed E-state index contributed by atoms with van der Waals surface area (Å²) >= 11 is 0. The second kappa shape index (κ2) is 6.70. The summed E-state index contributed by atoms with van der Waals surface area (Å²) in [6, 6.07) is 3.35. The molecule has 0 bridgehead atoms. The monoisotopic (exact) mass is 254 g/mol. The van der Waals surface area contributed by atoms with Crippen molar-refractivity contribution >= 4 is 11.6 Å². The van der Waals surface area contributed by atoms with Crippen LogP contribution in [0.25, 0.3) is 0 Å². The van der Waals surface area contributed by atoms with Crippen LogP contribution >= 0.6 is 0 Å². The van der Waals surface area contributed by atoms with Gasteiger partial charge in [-0.25, -0.2) is 0 Å². The summed E-state index contributed by atoms with van der Waals surface area (Å²) in [5, 5.41) is 5.49. The lowest BCUT2D eigenvalue weighted by molar-refractivity contribution is -0.115. The van der Waals surface area contributed by atoms with E-state index in [1.807, 2.05) is 0 Å². The van der Waals surface area contributed by atoms with E-state index in [4.69, 9.17) is 14.2 Å². The van der Waals surface area contributed by atoms with Crippen molar-refractivity contribution in [2.75, 3.05) is 40.2 Å². The Morgan fingerprint density at radius 3 is 2.06 bits per heavy atom. The number of amides is 1. The fourth-order valence-electron chi connectivity index (χ4n) is 1.52. The van der Waals surface area contributed by atoms with Gasteiger partial charge in [0.15, 0.2) is 11.5 Å². The normalized spacial score (nSPS) is 9.78. The molecule has 1 amide bonds. The van der Waals surface area contributed by atoms with Crippen LogP contribution in [0, 0.1) is 0 Å². The molecule has 0 radical (unpaired) electrons. The molecule has 0 fully saturated rings. The predicted molar refractivity (Wildman–Crippen MR) is 68.7 cm³/mol. The van der Waals surface area contributed by atoms with E-state index in [0.717, 1.165) is 0 Å². The van der Waals surface area contributed by atoms with Crippen LogP contribution in [0.1, 0.15) is 0 Å². The molecule has 18 heavy (non-hydrogen) atoms. The maximum Gasteiger partial charge on any atom is 0.238 e. The first kappa shape index (κ1) is 14.1. The van der Waals surface area contributed by atoms with E-state index in [1.165, 1.54) is 21.3 Å². The topological polar surface area (TPSA) is 68.8 Å². The minimum Gasteiger partial charge on any atom is -0.493 e. The fourth-order valence-corrected chi connectivity index (χ4v) is 1.52. The molecular weight excluding hydrogens is 236 g/mol. The van der Waals surface area contributed by atoms with Gasteiger partial charge in [-0.3, -0.25) is 4.79 Å². The molecule has 0 atom stereocenters. The lowest BCUT2D eigenvalue weighted by Gasteiger charge is -2.14. The lowest BCUT2D eigenvalue weighted by Crippen LogP contribution is -2.25. The van der Waals surface area contributed by atoms with Crippen LogP contribution < -0.4 is 24.8 Å². The van der Waals surface area contributed by atoms with Gasteiger partial charge in [0.1, 0.15) is 0 Å². The van der Waals surface area contributed by atoms with Gasteiger partial charge in [-0.1, -0.05) is 0 Å². The van der Waals surface area contributed by atoms with Crippen LogP contribution in [0.2, 0.25) is 0 Å². The number of nitrogens with one attached hydrogen (secondary N) is 2. The molecule has 1 rings (SSSR count). The summed E-state index contributed by atoms with van der Waals surface area (Å²) in [6.07, 6.45) is 0. The number of benzene rings is 1. The molecule has 0 unspecified atom stereocenters. The Labute approximate surface area is 106 Å². The first-order valence-corrected chi connectivity index (χ1v) is 5.40. The molecule has 1 aromatic carbocycles. The van der Waals surface area contributed by atoms with Gasteiger partial charge < -0.3 is 24.8 Å². The Hall–Kier alpha value is -1.95. The quantitative estimate of drug-likeness (QED) is 0.788. The van der Waals surface area contributed by atoms with Crippen molar-refractivity contribution in [1.29, 1.82) is 0 Å². The number of hydrogen-bond donors (Lipinski definition) is 2. The average molecular weight is 254 g/mol. The van der Waals surface area contributed by atoms with Crippen molar-refractivity contribution in [2.45, 2.75) is 0 Å². The first-order chi connectivity index (χ1) is 8.65. The smallest absolute Gasteiger partial charge is 0.238 e. The Morgan fingerprint density at radius 1 is 1.11 bits per heavy atom. The Bertz CT molecular complexity index is 396. The highest BCUT2D eigenvalue weighted by molar-refractivity contribution is 5.93. The Balaban J connectivity index is 3.03. The Kier molecular flexibility index (Phi) is 5.26. The number of anilines is 1. The van der Waals surface area contributed by atoms with Gasteiger partial charge in [-0.2, -0.15) is 0 Å². The lowest BCUT2D eigenvalue weighted by atomic mass is 10.2. The number of carbonyl (C=O) groups is 1. The molecule has 1 aromatic rings. The van der Waals surface area contributed by atoms with Crippen LogP contribution in [-0.4, -0.2) is 40.8 Å². The van der Waals surface area contributed by atoms with E-state index in [0.29, 0.717) is 22.9 Å². The predicted octanol–water partition coefficient (Wildman–Crippen LogP) is 0.870. The molecular formula is C12H18N2O4. The van der Waals surface area contributed by atoms with Gasteiger partial charge in [0.2, 0.25) is 11.7 Å². The molecule has 6 heteroatoms. The number of methoxy groups -OCH3 is 3. The Morgan fingerprint density at radius 2 is 1.67 bits per heavy atom. The summed E-state index contributed by atoms with van der Waals surface area (Å²) < 4.78 is 15.6. The van der Waals surface area contributed by atoms with Gasteiger partial charge >= 0.3 is 0 Å². The molecule has 100 valence electrons. The fraction of sp³-hybridized carbons (Fsp3) is 0.417. The third-order valence-electron chi connectivity index (χ3n) is 2.29. The molecule has 0 heterocycles. The number of likely N-dealkylation sites (N-methyl/N-ethyl adjacent to an activating group) is 1. The van der Waals surface area contributed by atoms with Crippen molar-refractivity contribution in [3.8, 4) is 17.2 Å². The molecule has 0 aliphatic carbocycles. The first-order valence-electron chi connectivity index (χ1n) is 5.40. The zero-order chi connectivity index (χ0) is 13.5. The maximum atomic E-state index is 11.5. The van der Waals surface area contributed by atoms with Crippen molar-refractivity contribution in [3.05, 3.63) is 12.1 Å². The van der Waals surface area contributed by atoms with Gasteiger partial charge in [0.25, 0.3) is 0 Å². The minimum atomic E-state index is -0.147. The number of ether oxygens (including phenoxy) is 3. The number of carbonyl (C=O) groups excluding carboxylic acids is 1. The molecule has 0 aliphatic rings. The van der Waals surface area contributed by atoms with Crippen LogP contribution in [0.4, 0.5) is 5.69 Å². The zero-order valence-corrected chi connectivity index (χ0v) is 11.0. The van der Waals surface area contributed by atoms with Gasteiger partial charge in [-0.15, -0.1) is 0 Å². The van der Waals surface area contributed by atoms with Crippen LogP contribution in [0.15, 0.2) is 12.1 Å². The van der Waals surface area contributed by atoms with Crippen molar-refractivity contribution in [2.24, 2.45) is 0 Å². The van der Waals surface area contributed by atoms with E-state index in [2.05, 4.69) is 10.6 Å². The third kappa shape index (κ3) is 3.27. The van der Waals surface area contributed by atoms with E-state index in [1.54, 1.807) is 19.2 Å². The molecule has 6 nitrogen and oxygen atoms in total. The zero-order valence-electron chi connectivity index (χ0n) is 11.0. The van der Waals surface area contributed by atoms with E-state index in [-0.39, 0.29) is 12.5 Å². The summed E-state index contributed by atoms with van der Waals surface area (Å²) in [5.41, 5.74) is 0.588. The van der Waals surface area contributed by atoms with Gasteiger partial charge in [0, 0.05) is 17.8 Å². The summed E-state index contributed by atoms with van der Waals surface area (Å²) in [7, 11) is 6.28. The minimum absolute atomic E-state index is 0.147. The van der Waals surface area contributed by atoms with Crippen LogP contribution in [0.3, 0.4) is 0 Å². The molecule has 2 N–H and O–H groups in total. The highest BCUT2D eigenvalue weighted by Gasteiger charge is 2.14. The van der Waals surface area contributed by atoms with Crippen molar-refractivity contribution in [3.63, 3.8) is 0 Å². The highest BCUT2D eigenvalue weighted by atomic mass is 16.5. The molecule has 0 aliphatic heterocycles. The highest BCUT2D eigenvalue weighted by Crippen LogP contribution is 2.39. The van der Waals surface area contributed by atoms with Gasteiger partial charge in [-0.05, 0) is 7.05 Å². The van der Waals surface area contributed by atoms with Gasteiger partial charge in [0.05, 0.1) is 27.9 Å². The third-order valence-corrected chi connectivity index (χ3v) is 2.29. The largest absolute Gasteiger partial charge is 0.493 e. The van der Waals surface area contributed by atoms with E-state index in [9.17, 15) is 4.79 Å². The SMILES string of the molecule is CNCC(=O)Nc1cc(OC)c(OC)c(OC)c1. The van der Waals surface area contributed by atoms with Crippen molar-refractivity contribution in [1.82, 2.24) is 5.32 Å². The number of hydrogen-bond acceptors (Lipinski definition) is 5. The summed E-state index contributed by atoms with van der Waals surface area (Å²) in [5.74, 6) is 1.34. The average Bonchev–Trinajstić information content (AvgIpc) is 2.37. The second-order valence-electron chi connectivity index (χ2n) is 3.49. The summed E-state index contributed by atoms with van der Waals surface area (Å²) in [4.78, 5) is 11.5. The van der Waals surface area contributed by atoms with E-state index >= 15 is 0 Å².